The van der Waals surface area contributed by atoms with E-state index in [4.69, 9.17) is 0 Å². The molecule has 0 aromatic rings. The van der Waals surface area contributed by atoms with Crippen LogP contribution in [-0.4, -0.2) is 0 Å². The molecule has 2 aliphatic rings. The standard InChI is InChI=1S/C15H28/c1-3-15(10-4-11-15)12-9-14-7-5-13(2)6-8-14/h13-14H,3-12H2,1-2H3. The molecule has 0 nitrogen and oxygen atoms in total. The third-order valence-corrected chi connectivity index (χ3v) is 5.38. The van der Waals surface area contributed by atoms with Crippen LogP contribution in [0.3, 0.4) is 0 Å². The molecule has 0 aliphatic heterocycles. The summed E-state index contributed by atoms with van der Waals surface area (Å²) in [5.74, 6) is 2.11. The Bertz CT molecular complexity index is 177. The van der Waals surface area contributed by atoms with Crippen LogP contribution >= 0.6 is 0 Å². The zero-order chi connectivity index (χ0) is 10.7. The molecular weight excluding hydrogens is 180 g/mol. The molecule has 88 valence electrons. The minimum atomic E-state index is 0.809. The third-order valence-electron chi connectivity index (χ3n) is 5.38. The summed E-state index contributed by atoms with van der Waals surface area (Å²) >= 11 is 0. The first-order valence-corrected chi connectivity index (χ1v) is 7.24. The summed E-state index contributed by atoms with van der Waals surface area (Å²) in [5, 5.41) is 0. The Morgan fingerprint density at radius 3 is 2.20 bits per heavy atom. The van der Waals surface area contributed by atoms with E-state index in [-0.39, 0.29) is 0 Å². The second-order valence-corrected chi connectivity index (χ2v) is 6.37. The van der Waals surface area contributed by atoms with Gasteiger partial charge >= 0.3 is 0 Å². The van der Waals surface area contributed by atoms with E-state index in [1.54, 1.807) is 12.8 Å². The van der Waals surface area contributed by atoms with Gasteiger partial charge in [-0.2, -0.15) is 0 Å². The Morgan fingerprint density at radius 2 is 1.73 bits per heavy atom. The summed E-state index contributed by atoms with van der Waals surface area (Å²) in [4.78, 5) is 0. The number of hydrogen-bond acceptors (Lipinski definition) is 0. The summed E-state index contributed by atoms with van der Waals surface area (Å²) < 4.78 is 0. The molecule has 15 heavy (non-hydrogen) atoms. The Balaban J connectivity index is 1.69. The molecule has 0 saturated heterocycles. The largest absolute Gasteiger partial charge is 0.0649 e. The minimum Gasteiger partial charge on any atom is -0.0649 e. The Hall–Kier alpha value is 0. The van der Waals surface area contributed by atoms with Crippen LogP contribution in [-0.2, 0) is 0 Å². The Kier molecular flexibility index (Phi) is 3.74. The number of rotatable bonds is 4. The molecule has 0 unspecified atom stereocenters. The van der Waals surface area contributed by atoms with E-state index < -0.39 is 0 Å². The fraction of sp³-hybridized carbons (Fsp3) is 1.00. The summed E-state index contributed by atoms with van der Waals surface area (Å²) in [7, 11) is 0. The molecule has 0 amide bonds. The molecule has 0 heterocycles. The topological polar surface area (TPSA) is 0 Å². The zero-order valence-electron chi connectivity index (χ0n) is 10.7. The highest BCUT2D eigenvalue weighted by atomic mass is 14.4. The van der Waals surface area contributed by atoms with Gasteiger partial charge in [-0.05, 0) is 42.9 Å². The van der Waals surface area contributed by atoms with Crippen LogP contribution in [0.4, 0.5) is 0 Å². The average molecular weight is 208 g/mol. The van der Waals surface area contributed by atoms with E-state index >= 15 is 0 Å². The fourth-order valence-electron chi connectivity index (χ4n) is 3.59. The highest BCUT2D eigenvalue weighted by Gasteiger charge is 2.35. The monoisotopic (exact) mass is 208 g/mol. The highest BCUT2D eigenvalue weighted by Crippen LogP contribution is 2.48. The van der Waals surface area contributed by atoms with Crippen LogP contribution in [0.25, 0.3) is 0 Å². The van der Waals surface area contributed by atoms with Gasteiger partial charge in [0.05, 0.1) is 0 Å². The van der Waals surface area contributed by atoms with Crippen molar-refractivity contribution in [2.75, 3.05) is 0 Å². The smallest absolute Gasteiger partial charge is 0.0300 e. The van der Waals surface area contributed by atoms with Gasteiger partial charge in [0.2, 0.25) is 0 Å². The van der Waals surface area contributed by atoms with Crippen LogP contribution in [0.15, 0.2) is 0 Å². The summed E-state index contributed by atoms with van der Waals surface area (Å²) in [6, 6.07) is 0. The quantitative estimate of drug-likeness (QED) is 0.597. The van der Waals surface area contributed by atoms with Crippen molar-refractivity contribution in [2.45, 2.75) is 78.1 Å². The normalized spacial score (nSPS) is 34.8. The summed E-state index contributed by atoms with van der Waals surface area (Å²) in [5.41, 5.74) is 0.809. The van der Waals surface area contributed by atoms with Crippen molar-refractivity contribution < 1.29 is 0 Å². The van der Waals surface area contributed by atoms with Crippen LogP contribution in [0.1, 0.15) is 78.1 Å². The van der Waals surface area contributed by atoms with Crippen molar-refractivity contribution in [2.24, 2.45) is 17.3 Å². The fourth-order valence-corrected chi connectivity index (χ4v) is 3.59. The van der Waals surface area contributed by atoms with Crippen molar-refractivity contribution >= 4 is 0 Å². The van der Waals surface area contributed by atoms with Gasteiger partial charge < -0.3 is 0 Å². The third kappa shape index (κ3) is 2.77. The van der Waals surface area contributed by atoms with Gasteiger partial charge in [-0.1, -0.05) is 52.4 Å². The number of hydrogen-bond donors (Lipinski definition) is 0. The predicted octanol–water partition coefficient (Wildman–Crippen LogP) is 5.17. The highest BCUT2D eigenvalue weighted by molar-refractivity contribution is 4.87. The molecule has 2 fully saturated rings. The van der Waals surface area contributed by atoms with Crippen molar-refractivity contribution in [1.29, 1.82) is 0 Å². The van der Waals surface area contributed by atoms with Crippen LogP contribution in [0.5, 0.6) is 0 Å². The second kappa shape index (κ2) is 4.89. The molecule has 0 bridgehead atoms. The van der Waals surface area contributed by atoms with E-state index in [0.717, 1.165) is 17.3 Å². The van der Waals surface area contributed by atoms with Crippen LogP contribution in [0.2, 0.25) is 0 Å². The van der Waals surface area contributed by atoms with Gasteiger partial charge in [0.1, 0.15) is 0 Å². The zero-order valence-corrected chi connectivity index (χ0v) is 10.7. The van der Waals surface area contributed by atoms with Crippen molar-refractivity contribution in [1.82, 2.24) is 0 Å². The molecule has 0 N–H and O–H groups in total. The lowest BCUT2D eigenvalue weighted by atomic mass is 9.63. The maximum Gasteiger partial charge on any atom is -0.0300 e. The molecular formula is C15H28. The Morgan fingerprint density at radius 1 is 1.07 bits per heavy atom. The maximum atomic E-state index is 2.43. The SMILES string of the molecule is CCC1(CCC2CCC(C)CC2)CCC1. The lowest BCUT2D eigenvalue weighted by molar-refractivity contribution is 0.0961. The molecule has 0 heteroatoms. The Labute approximate surface area is 95.8 Å². The van der Waals surface area contributed by atoms with Crippen molar-refractivity contribution in [3.8, 4) is 0 Å². The molecule has 2 rings (SSSR count). The lowest BCUT2D eigenvalue weighted by Gasteiger charge is -2.42. The van der Waals surface area contributed by atoms with Gasteiger partial charge in [-0.3, -0.25) is 0 Å². The molecule has 2 aliphatic carbocycles. The van der Waals surface area contributed by atoms with Gasteiger partial charge in [-0.15, -0.1) is 0 Å². The molecule has 2 saturated carbocycles. The molecule has 0 radical (unpaired) electrons. The molecule has 0 aromatic carbocycles. The molecule has 0 spiro atoms. The molecule has 0 atom stereocenters. The second-order valence-electron chi connectivity index (χ2n) is 6.37. The first-order valence-electron chi connectivity index (χ1n) is 7.24. The van der Waals surface area contributed by atoms with Crippen molar-refractivity contribution in [3.05, 3.63) is 0 Å². The first kappa shape index (κ1) is 11.5. The van der Waals surface area contributed by atoms with Crippen LogP contribution < -0.4 is 0 Å². The minimum absolute atomic E-state index is 0.809. The summed E-state index contributed by atoms with van der Waals surface area (Å²) in [6.45, 7) is 4.83. The van der Waals surface area contributed by atoms with E-state index in [0.29, 0.717) is 0 Å². The van der Waals surface area contributed by atoms with Gasteiger partial charge in [0.15, 0.2) is 0 Å². The summed E-state index contributed by atoms with van der Waals surface area (Å²) in [6.07, 6.45) is 15.2. The van der Waals surface area contributed by atoms with E-state index in [1.165, 1.54) is 51.4 Å². The van der Waals surface area contributed by atoms with Crippen LogP contribution in [0, 0.1) is 17.3 Å². The van der Waals surface area contributed by atoms with E-state index in [2.05, 4.69) is 13.8 Å². The molecule has 0 aromatic heterocycles. The van der Waals surface area contributed by atoms with Gasteiger partial charge in [-0.25, -0.2) is 0 Å². The van der Waals surface area contributed by atoms with Gasteiger partial charge in [0.25, 0.3) is 0 Å². The van der Waals surface area contributed by atoms with Gasteiger partial charge in [0, 0.05) is 0 Å². The maximum absolute atomic E-state index is 2.43. The van der Waals surface area contributed by atoms with E-state index in [1.807, 2.05) is 0 Å². The first-order chi connectivity index (χ1) is 7.24. The predicted molar refractivity (Wildman–Crippen MR) is 66.9 cm³/mol. The lowest BCUT2D eigenvalue weighted by Crippen LogP contribution is -2.29. The average Bonchev–Trinajstić information content (AvgIpc) is 2.20. The van der Waals surface area contributed by atoms with Crippen molar-refractivity contribution in [3.63, 3.8) is 0 Å². The van der Waals surface area contributed by atoms with E-state index in [9.17, 15) is 0 Å².